The number of rotatable bonds is 4. The van der Waals surface area contributed by atoms with E-state index in [1.54, 1.807) is 18.1 Å². The molecule has 4 heteroatoms. The van der Waals surface area contributed by atoms with Gasteiger partial charge in [-0.15, -0.1) is 0 Å². The highest BCUT2D eigenvalue weighted by atomic mass is 16.2. The molecule has 84 valence electrons. The minimum absolute atomic E-state index is 0.0648. The van der Waals surface area contributed by atoms with Crippen LogP contribution < -0.4 is 10.6 Å². The summed E-state index contributed by atoms with van der Waals surface area (Å²) in [6.07, 6.45) is 1.80. The van der Waals surface area contributed by atoms with Crippen molar-refractivity contribution in [3.63, 3.8) is 0 Å². The maximum absolute atomic E-state index is 12.0. The van der Waals surface area contributed by atoms with Gasteiger partial charge in [0.05, 0.1) is 5.92 Å². The Morgan fingerprint density at radius 1 is 1.60 bits per heavy atom. The van der Waals surface area contributed by atoms with Crippen LogP contribution in [0, 0.1) is 11.8 Å². The van der Waals surface area contributed by atoms with Crippen LogP contribution in [-0.4, -0.2) is 24.5 Å². The highest BCUT2D eigenvalue weighted by Gasteiger charge is 2.24. The molecule has 1 atom stereocenters. The molecule has 0 spiro atoms. The second kappa shape index (κ2) is 4.98. The Morgan fingerprint density at radius 3 is 2.67 bits per heavy atom. The van der Waals surface area contributed by atoms with Crippen LogP contribution in [0.15, 0.2) is 18.3 Å². The highest BCUT2D eigenvalue weighted by molar-refractivity contribution is 5.93. The summed E-state index contributed by atoms with van der Waals surface area (Å²) < 4.78 is 0. The van der Waals surface area contributed by atoms with Gasteiger partial charge in [0.25, 0.3) is 0 Å². The zero-order chi connectivity index (χ0) is 11.4. The molecule has 0 aliphatic heterocycles. The quantitative estimate of drug-likeness (QED) is 0.783. The zero-order valence-corrected chi connectivity index (χ0v) is 9.53. The van der Waals surface area contributed by atoms with E-state index in [1.165, 1.54) is 0 Å². The average molecular weight is 209 g/mol. The van der Waals surface area contributed by atoms with Crippen molar-refractivity contribution < 1.29 is 4.79 Å². The van der Waals surface area contributed by atoms with Crippen molar-refractivity contribution in [2.24, 2.45) is 17.6 Å². The topological polar surface area (TPSA) is 62.1 Å². The normalized spacial score (nSPS) is 12.9. The summed E-state index contributed by atoms with van der Waals surface area (Å²) in [6, 6.07) is 3.73. The first kappa shape index (κ1) is 11.8. The Morgan fingerprint density at radius 2 is 2.27 bits per heavy atom. The molecule has 1 heterocycles. The van der Waals surface area contributed by atoms with Gasteiger partial charge in [0.15, 0.2) is 0 Å². The van der Waals surface area contributed by atoms with Crippen molar-refractivity contribution in [3.05, 3.63) is 18.3 Å². The minimum atomic E-state index is -0.113. The number of H-pyrrole nitrogens is 1. The van der Waals surface area contributed by atoms with Crippen LogP contribution in [0.1, 0.15) is 13.8 Å². The molecule has 4 nitrogen and oxygen atoms in total. The molecule has 0 saturated heterocycles. The second-order valence-electron chi connectivity index (χ2n) is 4.04. The standard InChI is InChI=1S/C11H19N3O/c1-8(2)9(7-12)11(15)14(3)10-5-4-6-13-10/h4-6,8-9,13H,7,12H2,1-3H3. The Kier molecular flexibility index (Phi) is 3.91. The van der Waals surface area contributed by atoms with Crippen molar-refractivity contribution in [1.82, 2.24) is 4.98 Å². The van der Waals surface area contributed by atoms with Crippen molar-refractivity contribution in [1.29, 1.82) is 0 Å². The fourth-order valence-corrected chi connectivity index (χ4v) is 1.56. The third kappa shape index (κ3) is 2.59. The Labute approximate surface area is 90.5 Å². The molecule has 0 bridgehead atoms. The monoisotopic (exact) mass is 209 g/mol. The summed E-state index contributed by atoms with van der Waals surface area (Å²) in [6.45, 7) is 4.41. The molecule has 0 fully saturated rings. The van der Waals surface area contributed by atoms with E-state index in [0.717, 1.165) is 5.82 Å². The SMILES string of the molecule is CC(C)C(CN)C(=O)N(C)c1ccc[nH]1. The van der Waals surface area contributed by atoms with E-state index >= 15 is 0 Å². The number of anilines is 1. The molecule has 0 saturated carbocycles. The number of carbonyl (C=O) groups is 1. The third-order valence-electron chi connectivity index (χ3n) is 2.65. The molecular formula is C11H19N3O. The Hall–Kier alpha value is -1.29. The van der Waals surface area contributed by atoms with Crippen molar-refractivity contribution >= 4 is 11.7 Å². The molecule has 1 rings (SSSR count). The van der Waals surface area contributed by atoms with Crippen LogP contribution in [0.25, 0.3) is 0 Å². The largest absolute Gasteiger partial charge is 0.348 e. The number of nitrogens with zero attached hydrogens (tertiary/aromatic N) is 1. The van der Waals surface area contributed by atoms with Crippen LogP contribution in [0.4, 0.5) is 5.82 Å². The number of amides is 1. The summed E-state index contributed by atoms with van der Waals surface area (Å²) in [7, 11) is 1.76. The summed E-state index contributed by atoms with van der Waals surface area (Å²) >= 11 is 0. The van der Waals surface area contributed by atoms with E-state index in [-0.39, 0.29) is 17.7 Å². The predicted octanol–water partition coefficient (Wildman–Crippen LogP) is 1.21. The summed E-state index contributed by atoms with van der Waals surface area (Å²) in [5.74, 6) is 1.02. The molecule has 1 aromatic heterocycles. The number of hydrogen-bond acceptors (Lipinski definition) is 2. The van der Waals surface area contributed by atoms with Crippen molar-refractivity contribution in [3.8, 4) is 0 Å². The van der Waals surface area contributed by atoms with Gasteiger partial charge in [-0.1, -0.05) is 13.8 Å². The van der Waals surface area contributed by atoms with Gasteiger partial charge in [-0.2, -0.15) is 0 Å². The summed E-state index contributed by atoms with van der Waals surface area (Å²) in [4.78, 5) is 16.7. The average Bonchev–Trinajstić information content (AvgIpc) is 2.69. The second-order valence-corrected chi connectivity index (χ2v) is 4.04. The molecule has 0 radical (unpaired) electrons. The predicted molar refractivity (Wildman–Crippen MR) is 61.6 cm³/mol. The summed E-state index contributed by atoms with van der Waals surface area (Å²) in [5, 5.41) is 0. The molecule has 1 aromatic rings. The number of carbonyl (C=O) groups excluding carboxylic acids is 1. The molecule has 1 amide bonds. The van der Waals surface area contributed by atoms with Crippen LogP contribution in [-0.2, 0) is 4.79 Å². The van der Waals surface area contributed by atoms with E-state index < -0.39 is 0 Å². The van der Waals surface area contributed by atoms with Crippen molar-refractivity contribution in [2.75, 3.05) is 18.5 Å². The molecule has 0 aliphatic rings. The third-order valence-corrected chi connectivity index (χ3v) is 2.65. The van der Waals surface area contributed by atoms with Crippen LogP contribution in [0.5, 0.6) is 0 Å². The number of nitrogens with two attached hydrogens (primary N) is 1. The van der Waals surface area contributed by atoms with E-state index in [1.807, 2.05) is 26.0 Å². The maximum Gasteiger partial charge on any atom is 0.232 e. The maximum atomic E-state index is 12.0. The molecule has 0 aromatic carbocycles. The first-order chi connectivity index (χ1) is 7.07. The molecule has 3 N–H and O–H groups in total. The van der Waals surface area contributed by atoms with Crippen LogP contribution >= 0.6 is 0 Å². The molecular weight excluding hydrogens is 190 g/mol. The lowest BCUT2D eigenvalue weighted by atomic mass is 9.94. The van der Waals surface area contributed by atoms with E-state index in [0.29, 0.717) is 6.54 Å². The van der Waals surface area contributed by atoms with E-state index in [4.69, 9.17) is 5.73 Å². The van der Waals surface area contributed by atoms with E-state index in [2.05, 4.69) is 4.98 Å². The minimum Gasteiger partial charge on any atom is -0.348 e. The van der Waals surface area contributed by atoms with Gasteiger partial charge in [-0.05, 0) is 18.1 Å². The van der Waals surface area contributed by atoms with Gasteiger partial charge in [0, 0.05) is 19.8 Å². The lowest BCUT2D eigenvalue weighted by Crippen LogP contribution is -2.39. The Balaban J connectivity index is 2.75. The fraction of sp³-hybridized carbons (Fsp3) is 0.545. The van der Waals surface area contributed by atoms with Crippen molar-refractivity contribution in [2.45, 2.75) is 13.8 Å². The smallest absolute Gasteiger partial charge is 0.232 e. The molecule has 1 unspecified atom stereocenters. The van der Waals surface area contributed by atoms with Gasteiger partial charge < -0.3 is 15.6 Å². The van der Waals surface area contributed by atoms with E-state index in [9.17, 15) is 4.79 Å². The number of hydrogen-bond donors (Lipinski definition) is 2. The van der Waals surface area contributed by atoms with Gasteiger partial charge in [-0.3, -0.25) is 4.79 Å². The highest BCUT2D eigenvalue weighted by Crippen LogP contribution is 2.16. The fourth-order valence-electron chi connectivity index (χ4n) is 1.56. The molecule has 0 aliphatic carbocycles. The number of nitrogens with one attached hydrogen (secondary N) is 1. The lowest BCUT2D eigenvalue weighted by Gasteiger charge is -2.24. The summed E-state index contributed by atoms with van der Waals surface area (Å²) in [5.41, 5.74) is 5.61. The van der Waals surface area contributed by atoms with Gasteiger partial charge in [0.1, 0.15) is 5.82 Å². The van der Waals surface area contributed by atoms with Crippen LogP contribution in [0.3, 0.4) is 0 Å². The van der Waals surface area contributed by atoms with Gasteiger partial charge in [-0.25, -0.2) is 0 Å². The molecule has 15 heavy (non-hydrogen) atoms. The van der Waals surface area contributed by atoms with Crippen LogP contribution in [0.2, 0.25) is 0 Å². The van der Waals surface area contributed by atoms with Gasteiger partial charge >= 0.3 is 0 Å². The first-order valence-electron chi connectivity index (χ1n) is 5.19. The Bertz CT molecular complexity index is 306. The number of aromatic nitrogens is 1. The first-order valence-corrected chi connectivity index (χ1v) is 5.19. The zero-order valence-electron chi connectivity index (χ0n) is 9.53. The van der Waals surface area contributed by atoms with Gasteiger partial charge in [0.2, 0.25) is 5.91 Å². The lowest BCUT2D eigenvalue weighted by molar-refractivity contribution is -0.123. The number of aromatic amines is 1.